The average Bonchev–Trinajstić information content (AvgIpc) is 1.99. The first kappa shape index (κ1) is 13.6. The summed E-state index contributed by atoms with van der Waals surface area (Å²) in [4.78, 5) is 0. The van der Waals surface area contributed by atoms with E-state index in [9.17, 15) is 0 Å². The van der Waals surface area contributed by atoms with Crippen LogP contribution >= 0.6 is 12.4 Å². The van der Waals surface area contributed by atoms with Crippen LogP contribution < -0.4 is 0 Å². The molecule has 0 unspecified atom stereocenters. The molecule has 0 nitrogen and oxygen atoms in total. The maximum absolute atomic E-state index is 2.26. The second kappa shape index (κ2) is 10.0. The topological polar surface area (TPSA) is 0 Å². The summed E-state index contributed by atoms with van der Waals surface area (Å²) in [5, 5.41) is 0. The molecule has 0 aliphatic rings. The lowest BCUT2D eigenvalue weighted by Crippen LogP contribution is -1.81. The van der Waals surface area contributed by atoms with Gasteiger partial charge in [0.1, 0.15) is 0 Å². The molecule has 0 radical (unpaired) electrons. The van der Waals surface area contributed by atoms with Gasteiger partial charge in [-0.05, 0) is 26.2 Å². The van der Waals surface area contributed by atoms with Gasteiger partial charge in [-0.15, -0.1) is 12.4 Å². The third-order valence-electron chi connectivity index (χ3n) is 1.96. The van der Waals surface area contributed by atoms with Gasteiger partial charge in [0.2, 0.25) is 0 Å². The molecule has 1 heteroatoms. The molecular weight excluding hydrogens is 156 g/mol. The van der Waals surface area contributed by atoms with E-state index >= 15 is 0 Å². The summed E-state index contributed by atoms with van der Waals surface area (Å²) in [5.41, 5.74) is 1.62. The number of unbranched alkanes of at least 4 members (excludes halogenated alkanes) is 2. The summed E-state index contributed by atoms with van der Waals surface area (Å²) < 4.78 is 0. The molecule has 68 valence electrons. The maximum Gasteiger partial charge on any atom is -0.0321 e. The highest BCUT2D eigenvalue weighted by Gasteiger charge is 1.91. The van der Waals surface area contributed by atoms with Crippen molar-refractivity contribution in [1.29, 1.82) is 0 Å². The number of rotatable bonds is 5. The summed E-state index contributed by atoms with van der Waals surface area (Å²) in [7, 11) is 0. The molecule has 0 amide bonds. The standard InChI is InChI=1S/C10H20.ClH/c1-4-7-8-9-10(5-2)6-3;/h5H,4,6-9H2,1-3H3;1H. The summed E-state index contributed by atoms with van der Waals surface area (Å²) >= 11 is 0. The Morgan fingerprint density at radius 3 is 2.18 bits per heavy atom. The molecule has 11 heavy (non-hydrogen) atoms. The van der Waals surface area contributed by atoms with Gasteiger partial charge in [-0.25, -0.2) is 0 Å². The lowest BCUT2D eigenvalue weighted by molar-refractivity contribution is 0.701. The SMILES string of the molecule is CC=C(CC)CCCCC.Cl. The summed E-state index contributed by atoms with van der Waals surface area (Å²) in [6.07, 6.45) is 8.92. The average molecular weight is 177 g/mol. The molecule has 0 saturated heterocycles. The van der Waals surface area contributed by atoms with Gasteiger partial charge in [0.05, 0.1) is 0 Å². The third kappa shape index (κ3) is 7.93. The van der Waals surface area contributed by atoms with Crippen LogP contribution in [0.25, 0.3) is 0 Å². The minimum atomic E-state index is 0. The molecule has 0 rings (SSSR count). The van der Waals surface area contributed by atoms with E-state index in [1.807, 2.05) is 0 Å². The molecule has 0 heterocycles. The second-order valence-corrected chi connectivity index (χ2v) is 2.76. The van der Waals surface area contributed by atoms with Gasteiger partial charge in [0, 0.05) is 0 Å². The van der Waals surface area contributed by atoms with Crippen molar-refractivity contribution >= 4 is 12.4 Å². The fraction of sp³-hybridized carbons (Fsp3) is 0.800. The van der Waals surface area contributed by atoms with Gasteiger partial charge in [-0.1, -0.05) is 38.3 Å². The minimum Gasteiger partial charge on any atom is -0.147 e. The summed E-state index contributed by atoms with van der Waals surface area (Å²) in [5.74, 6) is 0. The monoisotopic (exact) mass is 176 g/mol. The van der Waals surface area contributed by atoms with Crippen LogP contribution in [0.4, 0.5) is 0 Å². The zero-order chi connectivity index (χ0) is 7.82. The van der Waals surface area contributed by atoms with Crippen LogP contribution in [0, 0.1) is 0 Å². The Morgan fingerprint density at radius 2 is 1.82 bits per heavy atom. The minimum absolute atomic E-state index is 0. The molecular formula is C10H21Cl. The van der Waals surface area contributed by atoms with Crippen molar-refractivity contribution in [2.45, 2.75) is 52.9 Å². The van der Waals surface area contributed by atoms with Gasteiger partial charge in [-0.2, -0.15) is 0 Å². The molecule has 0 aromatic rings. The highest BCUT2D eigenvalue weighted by atomic mass is 35.5. The Balaban J connectivity index is 0. The smallest absolute Gasteiger partial charge is 0.0321 e. The van der Waals surface area contributed by atoms with Crippen LogP contribution in [-0.4, -0.2) is 0 Å². The third-order valence-corrected chi connectivity index (χ3v) is 1.96. The van der Waals surface area contributed by atoms with Crippen LogP contribution in [0.5, 0.6) is 0 Å². The van der Waals surface area contributed by atoms with E-state index in [4.69, 9.17) is 0 Å². The van der Waals surface area contributed by atoms with Crippen molar-refractivity contribution in [2.75, 3.05) is 0 Å². The predicted molar refractivity (Wildman–Crippen MR) is 55.4 cm³/mol. The Bertz CT molecular complexity index is 95.0. The molecule has 0 N–H and O–H groups in total. The first-order valence-corrected chi connectivity index (χ1v) is 4.49. The van der Waals surface area contributed by atoms with Crippen LogP contribution in [0.3, 0.4) is 0 Å². The van der Waals surface area contributed by atoms with Gasteiger partial charge in [0.15, 0.2) is 0 Å². The zero-order valence-electron chi connectivity index (χ0n) is 8.02. The zero-order valence-corrected chi connectivity index (χ0v) is 8.84. The van der Waals surface area contributed by atoms with Gasteiger partial charge < -0.3 is 0 Å². The van der Waals surface area contributed by atoms with Crippen molar-refractivity contribution < 1.29 is 0 Å². The molecule has 0 aromatic carbocycles. The van der Waals surface area contributed by atoms with E-state index in [1.165, 1.54) is 32.1 Å². The first-order chi connectivity index (χ1) is 4.85. The van der Waals surface area contributed by atoms with Crippen LogP contribution in [0.2, 0.25) is 0 Å². The summed E-state index contributed by atoms with van der Waals surface area (Å²) in [6, 6.07) is 0. The normalized spacial score (nSPS) is 11.0. The van der Waals surface area contributed by atoms with E-state index in [1.54, 1.807) is 5.57 Å². The lowest BCUT2D eigenvalue weighted by Gasteiger charge is -2.01. The molecule has 0 saturated carbocycles. The molecule has 0 fully saturated rings. The molecule has 0 aliphatic heterocycles. The number of hydrogen-bond donors (Lipinski definition) is 0. The Kier molecular flexibility index (Phi) is 12.4. The number of allylic oxidation sites excluding steroid dienone is 2. The van der Waals surface area contributed by atoms with Crippen molar-refractivity contribution in [3.63, 3.8) is 0 Å². The largest absolute Gasteiger partial charge is 0.147 e. The lowest BCUT2D eigenvalue weighted by atomic mass is 10.1. The summed E-state index contributed by atoms with van der Waals surface area (Å²) in [6.45, 7) is 6.63. The van der Waals surface area contributed by atoms with E-state index < -0.39 is 0 Å². The van der Waals surface area contributed by atoms with E-state index in [0.717, 1.165) is 0 Å². The maximum atomic E-state index is 2.26. The highest BCUT2D eigenvalue weighted by Crippen LogP contribution is 2.11. The number of halogens is 1. The molecule has 0 spiro atoms. The van der Waals surface area contributed by atoms with E-state index in [0.29, 0.717) is 0 Å². The Morgan fingerprint density at radius 1 is 1.18 bits per heavy atom. The van der Waals surface area contributed by atoms with Crippen LogP contribution in [0.1, 0.15) is 52.9 Å². The number of hydrogen-bond acceptors (Lipinski definition) is 0. The predicted octanol–water partition coefficient (Wildman–Crippen LogP) is 4.34. The van der Waals surface area contributed by atoms with Gasteiger partial charge >= 0.3 is 0 Å². The van der Waals surface area contributed by atoms with Crippen molar-refractivity contribution in [2.24, 2.45) is 0 Å². The van der Waals surface area contributed by atoms with Crippen molar-refractivity contribution in [3.8, 4) is 0 Å². The first-order valence-electron chi connectivity index (χ1n) is 4.49. The van der Waals surface area contributed by atoms with E-state index in [2.05, 4.69) is 26.8 Å². The fourth-order valence-corrected chi connectivity index (χ4v) is 1.13. The van der Waals surface area contributed by atoms with Crippen molar-refractivity contribution in [3.05, 3.63) is 11.6 Å². The van der Waals surface area contributed by atoms with E-state index in [-0.39, 0.29) is 12.4 Å². The molecule has 0 aliphatic carbocycles. The van der Waals surface area contributed by atoms with Gasteiger partial charge in [0.25, 0.3) is 0 Å². The quantitative estimate of drug-likeness (QED) is 0.432. The highest BCUT2D eigenvalue weighted by molar-refractivity contribution is 5.85. The Hall–Kier alpha value is 0.0300. The van der Waals surface area contributed by atoms with Crippen LogP contribution in [-0.2, 0) is 0 Å². The van der Waals surface area contributed by atoms with Crippen LogP contribution in [0.15, 0.2) is 11.6 Å². The molecule has 0 bridgehead atoms. The van der Waals surface area contributed by atoms with Crippen molar-refractivity contribution in [1.82, 2.24) is 0 Å². The Labute approximate surface area is 77.5 Å². The molecule has 0 atom stereocenters. The fourth-order valence-electron chi connectivity index (χ4n) is 1.13. The van der Waals surface area contributed by atoms with Gasteiger partial charge in [-0.3, -0.25) is 0 Å². The second-order valence-electron chi connectivity index (χ2n) is 2.76. The molecule has 0 aromatic heterocycles.